The summed E-state index contributed by atoms with van der Waals surface area (Å²) in [6.07, 6.45) is 5.37. The summed E-state index contributed by atoms with van der Waals surface area (Å²) >= 11 is 0. The first-order chi connectivity index (χ1) is 16.2. The average Bonchev–Trinajstić information content (AvgIpc) is 3.40. The normalized spacial score (nSPS) is 15.2. The molecule has 0 aromatic carbocycles. The lowest BCUT2D eigenvalue weighted by Gasteiger charge is -2.29. The molecule has 12 heteroatoms. The Kier molecular flexibility index (Phi) is 7.17. The van der Waals surface area contributed by atoms with Crippen LogP contribution in [0.15, 0.2) is 18.7 Å². The molecule has 0 saturated carbocycles. The number of piperidine rings is 1. The number of hydrogen-bond acceptors (Lipinski definition) is 7. The van der Waals surface area contributed by atoms with Crippen LogP contribution < -0.4 is 4.74 Å². The molecule has 0 spiro atoms. The molecule has 4 heterocycles. The highest BCUT2D eigenvalue weighted by Crippen LogP contribution is 2.29. The molecule has 1 amide bonds. The van der Waals surface area contributed by atoms with Gasteiger partial charge in [-0.3, -0.25) is 0 Å². The van der Waals surface area contributed by atoms with Crippen LogP contribution >= 0.6 is 0 Å². The van der Waals surface area contributed by atoms with Crippen LogP contribution in [0.4, 0.5) is 4.79 Å². The van der Waals surface area contributed by atoms with Gasteiger partial charge in [0, 0.05) is 53.4 Å². The van der Waals surface area contributed by atoms with Crippen molar-refractivity contribution in [1.82, 2.24) is 34.2 Å². The number of aromatic nitrogens is 6. The predicted octanol–water partition coefficient (Wildman–Crippen LogP) is 3.54. The van der Waals surface area contributed by atoms with E-state index in [1.165, 1.54) is 11.2 Å². The molecule has 0 radical (unpaired) electrons. The number of rotatable bonds is 9. The number of ether oxygens (including phenoxy) is 2. The molecule has 1 aliphatic heterocycles. The predicted molar refractivity (Wildman–Crippen MR) is 130 cm³/mol. The molecule has 1 fully saturated rings. The van der Waals surface area contributed by atoms with Crippen molar-refractivity contribution < 1.29 is 19.4 Å². The fourth-order valence-corrected chi connectivity index (χ4v) is 4.69. The molecular formula is C22H33N7O4Si. The van der Waals surface area contributed by atoms with Crippen LogP contribution in [-0.2, 0) is 18.0 Å². The zero-order valence-electron chi connectivity index (χ0n) is 20.3. The van der Waals surface area contributed by atoms with Gasteiger partial charge in [0.15, 0.2) is 11.5 Å². The lowest BCUT2D eigenvalue weighted by atomic mass is 10.1. The summed E-state index contributed by atoms with van der Waals surface area (Å²) in [5, 5.41) is 13.5. The van der Waals surface area contributed by atoms with Gasteiger partial charge in [0.1, 0.15) is 24.7 Å². The molecule has 1 aliphatic rings. The van der Waals surface area contributed by atoms with E-state index in [9.17, 15) is 4.79 Å². The van der Waals surface area contributed by atoms with Crippen LogP contribution in [-0.4, -0.2) is 79.3 Å². The maximum Gasteiger partial charge on any atom is 0.407 e. The molecule has 1 saturated heterocycles. The Labute approximate surface area is 199 Å². The average molecular weight is 488 g/mol. The van der Waals surface area contributed by atoms with E-state index in [1.54, 1.807) is 6.20 Å². The molecule has 3 aromatic rings. The summed E-state index contributed by atoms with van der Waals surface area (Å²) in [6.45, 7) is 11.7. The Hall–Kier alpha value is -2.99. The van der Waals surface area contributed by atoms with Crippen molar-refractivity contribution in [3.05, 3.63) is 18.7 Å². The van der Waals surface area contributed by atoms with Gasteiger partial charge >= 0.3 is 6.09 Å². The first-order valence-corrected chi connectivity index (χ1v) is 15.4. The van der Waals surface area contributed by atoms with E-state index < -0.39 is 14.2 Å². The summed E-state index contributed by atoms with van der Waals surface area (Å²) in [7, 11) is -1.18. The van der Waals surface area contributed by atoms with Crippen LogP contribution in [0.25, 0.3) is 22.6 Å². The second-order valence-electron chi connectivity index (χ2n) is 9.73. The second kappa shape index (κ2) is 10.1. The molecule has 0 atom stereocenters. The van der Waals surface area contributed by atoms with Crippen LogP contribution in [0, 0.1) is 0 Å². The van der Waals surface area contributed by atoms with Crippen LogP contribution in [0.1, 0.15) is 19.8 Å². The zero-order chi connectivity index (χ0) is 24.3. The summed E-state index contributed by atoms with van der Waals surface area (Å²) in [5.41, 5.74) is 2.19. The maximum atomic E-state index is 11.2. The van der Waals surface area contributed by atoms with Crippen molar-refractivity contribution in [2.24, 2.45) is 0 Å². The Balaban J connectivity index is 1.58. The number of fused-ring (bicyclic) bond motifs is 1. The van der Waals surface area contributed by atoms with E-state index in [4.69, 9.17) is 19.6 Å². The smallest absolute Gasteiger partial charge is 0.407 e. The number of carbonyl (C=O) groups is 1. The molecule has 0 aliphatic carbocycles. The van der Waals surface area contributed by atoms with Gasteiger partial charge in [-0.05, 0) is 13.0 Å². The second-order valence-corrected chi connectivity index (χ2v) is 15.3. The number of likely N-dealkylation sites (tertiary alicyclic amines) is 1. The van der Waals surface area contributed by atoms with E-state index in [2.05, 4.69) is 34.7 Å². The van der Waals surface area contributed by atoms with Gasteiger partial charge in [-0.15, -0.1) is 0 Å². The lowest BCUT2D eigenvalue weighted by Crippen LogP contribution is -2.41. The SMILES string of the molecule is CCn1ncnc1-c1cn(COCC[Si](C)(C)C)c2ncc(OC3CCN(C(=O)O)CC3)nc12. The minimum absolute atomic E-state index is 0.0999. The largest absolute Gasteiger partial charge is 0.473 e. The van der Waals surface area contributed by atoms with Gasteiger partial charge in [-0.2, -0.15) is 5.10 Å². The Morgan fingerprint density at radius 1 is 1.24 bits per heavy atom. The highest BCUT2D eigenvalue weighted by molar-refractivity contribution is 6.76. The summed E-state index contributed by atoms with van der Waals surface area (Å²) in [6, 6.07) is 1.09. The molecule has 184 valence electrons. The first kappa shape index (κ1) is 24.1. The number of amides is 1. The number of aryl methyl sites for hydroxylation is 1. The molecule has 1 N–H and O–H groups in total. The highest BCUT2D eigenvalue weighted by atomic mass is 28.3. The quantitative estimate of drug-likeness (QED) is 0.359. The van der Waals surface area contributed by atoms with Gasteiger partial charge in [0.05, 0.1) is 11.8 Å². The molecule has 0 unspecified atom stereocenters. The van der Waals surface area contributed by atoms with Crippen molar-refractivity contribution in [3.63, 3.8) is 0 Å². The van der Waals surface area contributed by atoms with Crippen molar-refractivity contribution in [3.8, 4) is 17.3 Å². The van der Waals surface area contributed by atoms with E-state index in [1.807, 2.05) is 22.4 Å². The van der Waals surface area contributed by atoms with Gasteiger partial charge in [0.25, 0.3) is 0 Å². The monoisotopic (exact) mass is 487 g/mol. The van der Waals surface area contributed by atoms with Gasteiger partial charge < -0.3 is 24.0 Å². The van der Waals surface area contributed by atoms with E-state index >= 15 is 0 Å². The third-order valence-corrected chi connectivity index (χ3v) is 7.63. The Morgan fingerprint density at radius 2 is 2.00 bits per heavy atom. The van der Waals surface area contributed by atoms with Crippen molar-refractivity contribution >= 4 is 25.3 Å². The van der Waals surface area contributed by atoms with Gasteiger partial charge in [-0.1, -0.05) is 19.6 Å². The lowest BCUT2D eigenvalue weighted by molar-refractivity contribution is 0.0865. The summed E-state index contributed by atoms with van der Waals surface area (Å²) in [4.78, 5) is 26.4. The van der Waals surface area contributed by atoms with Crippen LogP contribution in [0.3, 0.4) is 0 Å². The summed E-state index contributed by atoms with van der Waals surface area (Å²) < 4.78 is 15.8. The number of nitrogens with zero attached hydrogens (tertiary/aromatic N) is 7. The summed E-state index contributed by atoms with van der Waals surface area (Å²) in [5.74, 6) is 1.14. The van der Waals surface area contributed by atoms with E-state index in [-0.39, 0.29) is 6.10 Å². The van der Waals surface area contributed by atoms with Crippen LogP contribution in [0.5, 0.6) is 5.88 Å². The first-order valence-electron chi connectivity index (χ1n) is 11.7. The highest BCUT2D eigenvalue weighted by Gasteiger charge is 2.25. The number of hydrogen-bond donors (Lipinski definition) is 1. The molecule has 34 heavy (non-hydrogen) atoms. The van der Waals surface area contributed by atoms with Crippen molar-refractivity contribution in [2.75, 3.05) is 19.7 Å². The van der Waals surface area contributed by atoms with Crippen molar-refractivity contribution in [2.45, 2.75) is 64.8 Å². The van der Waals surface area contributed by atoms with E-state index in [0.29, 0.717) is 62.9 Å². The van der Waals surface area contributed by atoms with Gasteiger partial charge in [0.2, 0.25) is 5.88 Å². The molecule has 4 rings (SSSR count). The Morgan fingerprint density at radius 3 is 2.68 bits per heavy atom. The third kappa shape index (κ3) is 5.55. The molecule has 0 bridgehead atoms. The standard InChI is InChI=1S/C22H33N7O4Si/c1-5-29-20(24-14-25-29)17-13-28(15-32-10-11-34(2,3)4)21-19(17)26-18(12-23-21)33-16-6-8-27(9-7-16)22(30)31/h12-14,16H,5-11,15H2,1-4H3,(H,30,31). The fraction of sp³-hybridized carbons (Fsp3) is 0.591. The molecule has 3 aromatic heterocycles. The Bertz CT molecular complexity index is 1130. The van der Waals surface area contributed by atoms with Gasteiger partial charge in [-0.25, -0.2) is 24.4 Å². The number of carboxylic acid groups (broad SMARTS) is 1. The molecule has 11 nitrogen and oxygen atoms in total. The fourth-order valence-electron chi connectivity index (χ4n) is 3.94. The zero-order valence-corrected chi connectivity index (χ0v) is 21.3. The topological polar surface area (TPSA) is 120 Å². The minimum Gasteiger partial charge on any atom is -0.473 e. The molecular weight excluding hydrogens is 454 g/mol. The van der Waals surface area contributed by atoms with E-state index in [0.717, 1.165) is 17.4 Å². The van der Waals surface area contributed by atoms with Crippen LogP contribution in [0.2, 0.25) is 25.7 Å². The third-order valence-electron chi connectivity index (χ3n) is 5.93. The van der Waals surface area contributed by atoms with Crippen molar-refractivity contribution in [1.29, 1.82) is 0 Å². The minimum atomic E-state index is -1.18. The maximum absolute atomic E-state index is 11.2.